The largest absolute Gasteiger partial charge is 0.368 e. The van der Waals surface area contributed by atoms with Gasteiger partial charge in [0.15, 0.2) is 0 Å². The van der Waals surface area contributed by atoms with E-state index in [2.05, 4.69) is 42.0 Å². The fourth-order valence-electron chi connectivity index (χ4n) is 2.55. The summed E-state index contributed by atoms with van der Waals surface area (Å²) >= 11 is 0. The van der Waals surface area contributed by atoms with Gasteiger partial charge in [-0.15, -0.1) is 0 Å². The van der Waals surface area contributed by atoms with Crippen LogP contribution in [-0.4, -0.2) is 24.1 Å². The van der Waals surface area contributed by atoms with Gasteiger partial charge >= 0.3 is 0 Å². The molecule has 20 heavy (non-hydrogen) atoms. The highest BCUT2D eigenvalue weighted by molar-refractivity contribution is 5.54. The number of pyridine rings is 1. The van der Waals surface area contributed by atoms with E-state index in [0.29, 0.717) is 5.92 Å². The van der Waals surface area contributed by atoms with Crippen LogP contribution < -0.4 is 10.2 Å². The minimum atomic E-state index is 0.690. The zero-order valence-electron chi connectivity index (χ0n) is 13.2. The summed E-state index contributed by atoms with van der Waals surface area (Å²) in [7, 11) is 0. The third kappa shape index (κ3) is 4.48. The molecule has 1 heterocycles. The van der Waals surface area contributed by atoms with E-state index < -0.39 is 0 Å². The number of aromatic nitrogens is 1. The summed E-state index contributed by atoms with van der Waals surface area (Å²) in [5.74, 6) is 0.690. The minimum absolute atomic E-state index is 0.690. The quantitative estimate of drug-likeness (QED) is 0.746. The summed E-state index contributed by atoms with van der Waals surface area (Å²) in [5, 5.41) is 3.55. The van der Waals surface area contributed by atoms with Crippen molar-refractivity contribution in [1.29, 1.82) is 0 Å². The fourth-order valence-corrected chi connectivity index (χ4v) is 2.55. The molecule has 0 saturated heterocycles. The van der Waals surface area contributed by atoms with E-state index in [1.54, 1.807) is 0 Å². The Morgan fingerprint density at radius 1 is 1.40 bits per heavy atom. The van der Waals surface area contributed by atoms with Crippen molar-refractivity contribution in [2.75, 3.05) is 18.0 Å². The number of hydrogen-bond donors (Lipinski definition) is 1. The summed E-state index contributed by atoms with van der Waals surface area (Å²) in [5.41, 5.74) is 2.74. The normalized spacial score (nSPS) is 14.8. The predicted octanol–water partition coefficient (Wildman–Crippen LogP) is 3.60. The van der Waals surface area contributed by atoms with Gasteiger partial charge in [-0.25, -0.2) is 0 Å². The second kappa shape index (κ2) is 7.63. The van der Waals surface area contributed by atoms with Gasteiger partial charge < -0.3 is 10.2 Å². The van der Waals surface area contributed by atoms with Crippen LogP contribution in [0, 0.1) is 5.92 Å². The molecule has 1 aliphatic rings. The highest BCUT2D eigenvalue weighted by Gasteiger charge is 2.29. The minimum Gasteiger partial charge on any atom is -0.368 e. The topological polar surface area (TPSA) is 28.2 Å². The van der Waals surface area contributed by atoms with Crippen molar-refractivity contribution >= 4 is 5.69 Å². The highest BCUT2D eigenvalue weighted by atomic mass is 15.2. The SMILES string of the molecule is CCCCN(c1ccncc1CNCC(C)C)C1CC1. The molecule has 0 aliphatic heterocycles. The molecule has 0 spiro atoms. The lowest BCUT2D eigenvalue weighted by atomic mass is 10.1. The molecule has 1 N–H and O–H groups in total. The average Bonchev–Trinajstić information content (AvgIpc) is 3.25. The van der Waals surface area contributed by atoms with Crippen LogP contribution in [0.15, 0.2) is 18.5 Å². The summed E-state index contributed by atoms with van der Waals surface area (Å²) in [4.78, 5) is 6.93. The Kier molecular flexibility index (Phi) is 5.84. The Bertz CT molecular complexity index is 399. The molecule has 0 aromatic carbocycles. The molecule has 1 aromatic rings. The highest BCUT2D eigenvalue weighted by Crippen LogP contribution is 2.33. The second-order valence-corrected chi connectivity index (χ2v) is 6.31. The van der Waals surface area contributed by atoms with Gasteiger partial charge in [-0.2, -0.15) is 0 Å². The smallest absolute Gasteiger partial charge is 0.0445 e. The first-order valence-corrected chi connectivity index (χ1v) is 8.12. The predicted molar refractivity (Wildman–Crippen MR) is 86.1 cm³/mol. The number of anilines is 1. The Morgan fingerprint density at radius 3 is 2.85 bits per heavy atom. The molecule has 3 nitrogen and oxygen atoms in total. The molecule has 1 aromatic heterocycles. The fraction of sp³-hybridized carbons (Fsp3) is 0.706. The zero-order valence-corrected chi connectivity index (χ0v) is 13.2. The monoisotopic (exact) mass is 275 g/mol. The third-order valence-electron chi connectivity index (χ3n) is 3.80. The lowest BCUT2D eigenvalue weighted by Gasteiger charge is -2.27. The van der Waals surface area contributed by atoms with Crippen LogP contribution in [0.2, 0.25) is 0 Å². The van der Waals surface area contributed by atoms with E-state index in [9.17, 15) is 0 Å². The van der Waals surface area contributed by atoms with Crippen LogP contribution in [0.1, 0.15) is 52.0 Å². The van der Waals surface area contributed by atoms with Crippen LogP contribution in [-0.2, 0) is 6.54 Å². The van der Waals surface area contributed by atoms with Crippen molar-refractivity contribution in [3.63, 3.8) is 0 Å². The third-order valence-corrected chi connectivity index (χ3v) is 3.80. The van der Waals surface area contributed by atoms with Crippen molar-refractivity contribution in [3.05, 3.63) is 24.0 Å². The van der Waals surface area contributed by atoms with E-state index in [-0.39, 0.29) is 0 Å². The molecular weight excluding hydrogens is 246 g/mol. The maximum absolute atomic E-state index is 4.32. The van der Waals surface area contributed by atoms with Gasteiger partial charge in [0.05, 0.1) is 0 Å². The van der Waals surface area contributed by atoms with Gasteiger partial charge in [0.2, 0.25) is 0 Å². The van der Waals surface area contributed by atoms with E-state index in [1.807, 2.05) is 12.4 Å². The molecule has 0 radical (unpaired) electrons. The van der Waals surface area contributed by atoms with Gasteiger partial charge in [-0.05, 0) is 37.8 Å². The summed E-state index contributed by atoms with van der Waals surface area (Å²) < 4.78 is 0. The first kappa shape index (κ1) is 15.3. The lowest BCUT2D eigenvalue weighted by Crippen LogP contribution is -2.29. The average molecular weight is 275 g/mol. The molecule has 3 heteroatoms. The molecule has 2 rings (SSSR count). The van der Waals surface area contributed by atoms with Crippen molar-refractivity contribution < 1.29 is 0 Å². The molecule has 0 amide bonds. The summed E-state index contributed by atoms with van der Waals surface area (Å²) in [6, 6.07) is 2.97. The Balaban J connectivity index is 2.04. The van der Waals surface area contributed by atoms with E-state index in [4.69, 9.17) is 0 Å². The molecule has 1 saturated carbocycles. The van der Waals surface area contributed by atoms with Crippen molar-refractivity contribution in [1.82, 2.24) is 10.3 Å². The van der Waals surface area contributed by atoms with E-state index >= 15 is 0 Å². The Hall–Kier alpha value is -1.09. The lowest BCUT2D eigenvalue weighted by molar-refractivity contribution is 0.551. The number of unbranched alkanes of at least 4 members (excludes halogenated alkanes) is 1. The van der Waals surface area contributed by atoms with Gasteiger partial charge in [-0.1, -0.05) is 27.2 Å². The molecule has 0 atom stereocenters. The summed E-state index contributed by atoms with van der Waals surface area (Å²) in [6.07, 6.45) is 9.20. The molecule has 0 unspecified atom stereocenters. The number of hydrogen-bond acceptors (Lipinski definition) is 3. The molecule has 0 bridgehead atoms. The van der Waals surface area contributed by atoms with Crippen molar-refractivity contribution in [3.8, 4) is 0 Å². The van der Waals surface area contributed by atoms with Gasteiger partial charge in [-0.3, -0.25) is 4.98 Å². The number of nitrogens with one attached hydrogen (secondary N) is 1. The zero-order chi connectivity index (χ0) is 14.4. The number of nitrogens with zero attached hydrogens (tertiary/aromatic N) is 2. The molecule has 112 valence electrons. The Morgan fingerprint density at radius 2 is 2.20 bits per heavy atom. The maximum Gasteiger partial charge on any atom is 0.0445 e. The standard InChI is InChI=1S/C17H29N3/c1-4-5-10-20(16-6-7-16)17-8-9-18-12-15(17)13-19-11-14(2)3/h8-9,12,14,16,19H,4-7,10-11,13H2,1-3H3. The van der Waals surface area contributed by atoms with Crippen LogP contribution >= 0.6 is 0 Å². The van der Waals surface area contributed by atoms with Crippen LogP contribution in [0.5, 0.6) is 0 Å². The van der Waals surface area contributed by atoms with E-state index in [0.717, 1.165) is 19.1 Å². The molecule has 1 aliphatic carbocycles. The van der Waals surface area contributed by atoms with Crippen LogP contribution in [0.25, 0.3) is 0 Å². The molecule has 1 fully saturated rings. The van der Waals surface area contributed by atoms with Crippen molar-refractivity contribution in [2.45, 2.75) is 59.0 Å². The number of rotatable bonds is 9. The first-order valence-electron chi connectivity index (χ1n) is 8.12. The maximum atomic E-state index is 4.32. The van der Waals surface area contributed by atoms with E-state index in [1.165, 1.54) is 43.5 Å². The van der Waals surface area contributed by atoms with Gasteiger partial charge in [0.1, 0.15) is 0 Å². The molecular formula is C17H29N3. The first-order chi connectivity index (χ1) is 9.72. The van der Waals surface area contributed by atoms with Crippen molar-refractivity contribution in [2.24, 2.45) is 5.92 Å². The Labute approximate surface area is 123 Å². The van der Waals surface area contributed by atoms with Gasteiger partial charge in [0, 0.05) is 42.8 Å². The van der Waals surface area contributed by atoms with Gasteiger partial charge in [0.25, 0.3) is 0 Å². The van der Waals surface area contributed by atoms with Crippen LogP contribution in [0.4, 0.5) is 5.69 Å². The van der Waals surface area contributed by atoms with Crippen LogP contribution in [0.3, 0.4) is 0 Å². The summed E-state index contributed by atoms with van der Waals surface area (Å²) in [6.45, 7) is 9.93. The second-order valence-electron chi connectivity index (χ2n) is 6.31.